The van der Waals surface area contributed by atoms with Crippen molar-refractivity contribution in [3.05, 3.63) is 96.3 Å². The number of methoxy groups -OCH3 is 1. The lowest BCUT2D eigenvalue weighted by Crippen LogP contribution is -2.11. The van der Waals surface area contributed by atoms with E-state index in [-0.39, 0.29) is 5.91 Å². The minimum Gasteiger partial charge on any atom is -0.497 e. The number of carbonyl (C=O) groups is 1. The molecule has 31 heavy (non-hydrogen) atoms. The van der Waals surface area contributed by atoms with E-state index in [4.69, 9.17) is 4.74 Å². The van der Waals surface area contributed by atoms with Gasteiger partial charge in [-0.15, -0.1) is 0 Å². The van der Waals surface area contributed by atoms with E-state index in [0.717, 1.165) is 16.9 Å². The van der Waals surface area contributed by atoms with Crippen molar-refractivity contribution >= 4 is 23.1 Å². The third-order valence-corrected chi connectivity index (χ3v) is 4.76. The Morgan fingerprint density at radius 3 is 2.39 bits per heavy atom. The van der Waals surface area contributed by atoms with Gasteiger partial charge in [0.05, 0.1) is 12.8 Å². The van der Waals surface area contributed by atoms with Gasteiger partial charge >= 0.3 is 0 Å². The number of aryl methyl sites for hydroxylation is 1. The summed E-state index contributed by atoms with van der Waals surface area (Å²) in [6.07, 6.45) is 1.54. The molecule has 0 aliphatic rings. The maximum atomic E-state index is 12.5. The summed E-state index contributed by atoms with van der Waals surface area (Å²) in [5, 5.41) is 6.13. The number of hydrogen-bond acceptors (Lipinski definition) is 5. The zero-order valence-electron chi connectivity index (χ0n) is 17.3. The molecule has 0 saturated heterocycles. The molecule has 6 nitrogen and oxygen atoms in total. The summed E-state index contributed by atoms with van der Waals surface area (Å²) in [4.78, 5) is 21.2. The van der Waals surface area contributed by atoms with Crippen molar-refractivity contribution in [2.24, 2.45) is 0 Å². The Labute approximate surface area is 181 Å². The first-order chi connectivity index (χ1) is 15.1. The number of rotatable bonds is 6. The van der Waals surface area contributed by atoms with Crippen molar-refractivity contribution in [2.45, 2.75) is 6.92 Å². The highest BCUT2D eigenvalue weighted by atomic mass is 16.5. The first kappa shape index (κ1) is 20.1. The van der Waals surface area contributed by atoms with Crippen LogP contribution in [0.2, 0.25) is 0 Å². The molecule has 4 rings (SSSR count). The predicted octanol–water partition coefficient (Wildman–Crippen LogP) is 5.46. The molecule has 0 atom stereocenters. The standard InChI is InChI=1S/C25H22N4O2/c1-17-6-8-18(9-7-17)23-15-24(27-16-26-23)28-20-12-10-19(11-13-20)25(30)29-21-4-3-5-22(14-21)31-2/h3-16H,1-2H3,(H,29,30)(H,26,27,28). The monoisotopic (exact) mass is 410 g/mol. The highest BCUT2D eigenvalue weighted by Crippen LogP contribution is 2.22. The van der Waals surface area contributed by atoms with E-state index in [1.54, 1.807) is 25.3 Å². The molecule has 0 spiro atoms. The number of nitrogens with zero attached hydrogens (tertiary/aromatic N) is 2. The van der Waals surface area contributed by atoms with Crippen molar-refractivity contribution in [3.63, 3.8) is 0 Å². The number of aromatic nitrogens is 2. The zero-order chi connectivity index (χ0) is 21.6. The van der Waals surface area contributed by atoms with Crippen LogP contribution in [0.15, 0.2) is 85.2 Å². The Bertz CT molecular complexity index is 1190. The molecule has 1 heterocycles. The largest absolute Gasteiger partial charge is 0.497 e. The van der Waals surface area contributed by atoms with Crippen molar-refractivity contribution in [1.29, 1.82) is 0 Å². The lowest BCUT2D eigenvalue weighted by molar-refractivity contribution is 0.102. The maximum Gasteiger partial charge on any atom is 0.255 e. The number of hydrogen-bond donors (Lipinski definition) is 2. The smallest absolute Gasteiger partial charge is 0.255 e. The van der Waals surface area contributed by atoms with Crippen LogP contribution in [-0.2, 0) is 0 Å². The predicted molar refractivity (Wildman–Crippen MR) is 123 cm³/mol. The molecule has 0 saturated carbocycles. The van der Waals surface area contributed by atoms with Crippen molar-refractivity contribution < 1.29 is 9.53 Å². The molecule has 1 aromatic heterocycles. The van der Waals surface area contributed by atoms with Gasteiger partial charge in [-0.05, 0) is 43.3 Å². The zero-order valence-corrected chi connectivity index (χ0v) is 17.3. The molecule has 6 heteroatoms. The Kier molecular flexibility index (Phi) is 5.89. The number of nitrogens with one attached hydrogen (secondary N) is 2. The van der Waals surface area contributed by atoms with Crippen molar-refractivity contribution in [1.82, 2.24) is 9.97 Å². The topological polar surface area (TPSA) is 76.1 Å². The van der Waals surface area contributed by atoms with Crippen LogP contribution in [-0.4, -0.2) is 23.0 Å². The van der Waals surface area contributed by atoms with E-state index < -0.39 is 0 Å². The van der Waals surface area contributed by atoms with E-state index in [0.29, 0.717) is 22.8 Å². The third-order valence-electron chi connectivity index (χ3n) is 4.76. The number of benzene rings is 3. The second-order valence-electron chi connectivity index (χ2n) is 7.04. The van der Waals surface area contributed by atoms with Crippen LogP contribution in [0.5, 0.6) is 5.75 Å². The van der Waals surface area contributed by atoms with Gasteiger partial charge in [0, 0.05) is 34.6 Å². The average molecular weight is 410 g/mol. The lowest BCUT2D eigenvalue weighted by atomic mass is 10.1. The molecular weight excluding hydrogens is 388 g/mol. The average Bonchev–Trinajstić information content (AvgIpc) is 2.80. The molecule has 0 unspecified atom stereocenters. The fourth-order valence-corrected chi connectivity index (χ4v) is 3.06. The molecule has 154 valence electrons. The molecule has 4 aromatic rings. The normalized spacial score (nSPS) is 10.4. The molecular formula is C25H22N4O2. The van der Waals surface area contributed by atoms with Gasteiger partial charge in [0.25, 0.3) is 5.91 Å². The quantitative estimate of drug-likeness (QED) is 0.442. The van der Waals surface area contributed by atoms with Crippen LogP contribution < -0.4 is 15.4 Å². The van der Waals surface area contributed by atoms with E-state index in [1.807, 2.05) is 48.5 Å². The summed E-state index contributed by atoms with van der Waals surface area (Å²) in [7, 11) is 1.59. The summed E-state index contributed by atoms with van der Waals surface area (Å²) in [6, 6.07) is 24.5. The van der Waals surface area contributed by atoms with Gasteiger partial charge < -0.3 is 15.4 Å². The Morgan fingerprint density at radius 2 is 1.65 bits per heavy atom. The molecule has 3 aromatic carbocycles. The molecule has 2 N–H and O–H groups in total. The van der Waals surface area contributed by atoms with Crippen LogP contribution in [0.1, 0.15) is 15.9 Å². The van der Waals surface area contributed by atoms with Gasteiger partial charge in [0.15, 0.2) is 0 Å². The van der Waals surface area contributed by atoms with E-state index in [9.17, 15) is 4.79 Å². The van der Waals surface area contributed by atoms with E-state index >= 15 is 0 Å². The molecule has 1 amide bonds. The molecule has 0 bridgehead atoms. The second kappa shape index (κ2) is 9.09. The van der Waals surface area contributed by atoms with E-state index in [2.05, 4.69) is 39.7 Å². The number of ether oxygens (including phenoxy) is 1. The van der Waals surface area contributed by atoms with Crippen molar-refractivity contribution in [3.8, 4) is 17.0 Å². The van der Waals surface area contributed by atoms with Crippen LogP contribution in [0.4, 0.5) is 17.2 Å². The van der Waals surface area contributed by atoms with Gasteiger partial charge in [-0.25, -0.2) is 9.97 Å². The summed E-state index contributed by atoms with van der Waals surface area (Å²) >= 11 is 0. The van der Waals surface area contributed by atoms with Gasteiger partial charge in [0.1, 0.15) is 17.9 Å². The minimum absolute atomic E-state index is 0.191. The highest BCUT2D eigenvalue weighted by molar-refractivity contribution is 6.04. The van der Waals surface area contributed by atoms with Crippen LogP contribution in [0.3, 0.4) is 0 Å². The molecule has 0 aliphatic heterocycles. The van der Waals surface area contributed by atoms with Crippen LogP contribution >= 0.6 is 0 Å². The van der Waals surface area contributed by atoms with Gasteiger partial charge in [-0.3, -0.25) is 4.79 Å². The van der Waals surface area contributed by atoms with Crippen molar-refractivity contribution in [2.75, 3.05) is 17.7 Å². The fraction of sp³-hybridized carbons (Fsp3) is 0.0800. The Hall–Kier alpha value is -4.19. The van der Waals surface area contributed by atoms with E-state index in [1.165, 1.54) is 11.9 Å². The number of carbonyl (C=O) groups excluding carboxylic acids is 1. The highest BCUT2D eigenvalue weighted by Gasteiger charge is 2.08. The Balaban J connectivity index is 1.44. The summed E-state index contributed by atoms with van der Waals surface area (Å²) in [6.45, 7) is 2.05. The van der Waals surface area contributed by atoms with Crippen LogP contribution in [0, 0.1) is 6.92 Å². The second-order valence-corrected chi connectivity index (χ2v) is 7.04. The maximum absolute atomic E-state index is 12.5. The van der Waals surface area contributed by atoms with Crippen LogP contribution in [0.25, 0.3) is 11.3 Å². The molecule has 0 fully saturated rings. The summed E-state index contributed by atoms with van der Waals surface area (Å²) in [5.74, 6) is 1.18. The first-order valence-electron chi connectivity index (χ1n) is 9.82. The van der Waals surface area contributed by atoms with Gasteiger partial charge in [-0.2, -0.15) is 0 Å². The molecule has 0 aliphatic carbocycles. The van der Waals surface area contributed by atoms with Gasteiger partial charge in [-0.1, -0.05) is 35.9 Å². The Morgan fingerprint density at radius 1 is 0.871 bits per heavy atom. The fourth-order valence-electron chi connectivity index (χ4n) is 3.06. The summed E-state index contributed by atoms with van der Waals surface area (Å²) in [5.41, 5.74) is 5.12. The SMILES string of the molecule is COc1cccc(NC(=O)c2ccc(Nc3cc(-c4ccc(C)cc4)ncn3)cc2)c1. The first-order valence-corrected chi connectivity index (χ1v) is 9.82. The third kappa shape index (κ3) is 5.05. The number of amides is 1. The lowest BCUT2D eigenvalue weighted by Gasteiger charge is -2.09. The minimum atomic E-state index is -0.191. The van der Waals surface area contributed by atoms with Gasteiger partial charge in [0.2, 0.25) is 0 Å². The molecule has 0 radical (unpaired) electrons. The number of anilines is 3. The summed E-state index contributed by atoms with van der Waals surface area (Å²) < 4.78 is 5.19.